The zero-order chi connectivity index (χ0) is 20.0. The Morgan fingerprint density at radius 3 is 1.70 bits per heavy atom. The Kier molecular flexibility index (Phi) is 6.78. The highest BCUT2D eigenvalue weighted by Crippen LogP contribution is 2.25. The van der Waals surface area contributed by atoms with Crippen LogP contribution in [0.4, 0.5) is 0 Å². The molecule has 0 heterocycles. The van der Waals surface area contributed by atoms with Gasteiger partial charge in [-0.05, 0) is 38.8 Å². The second-order valence-corrected chi connectivity index (χ2v) is 7.78. The second-order valence-electron chi connectivity index (χ2n) is 7.78. The summed E-state index contributed by atoms with van der Waals surface area (Å²) in [4.78, 5) is 29.8. The molecule has 0 unspecified atom stereocenters. The lowest BCUT2D eigenvalue weighted by molar-refractivity contribution is -0.155. The molecular formula is C23H30N2O2. The lowest BCUT2D eigenvalue weighted by atomic mass is 9.88. The van der Waals surface area contributed by atoms with Crippen LogP contribution < -0.4 is 0 Å². The number of carbonyl (C=O) groups is 2. The van der Waals surface area contributed by atoms with Crippen LogP contribution >= 0.6 is 0 Å². The van der Waals surface area contributed by atoms with Crippen molar-refractivity contribution in [2.75, 3.05) is 7.05 Å². The number of carbonyl (C=O) groups excluding carboxylic acids is 2. The van der Waals surface area contributed by atoms with Gasteiger partial charge in [-0.25, -0.2) is 0 Å². The third-order valence-electron chi connectivity index (χ3n) is 4.76. The van der Waals surface area contributed by atoms with Gasteiger partial charge in [0.1, 0.15) is 5.41 Å². The van der Waals surface area contributed by atoms with E-state index in [0.29, 0.717) is 13.1 Å². The molecule has 0 fully saturated rings. The Morgan fingerprint density at radius 2 is 1.26 bits per heavy atom. The molecule has 0 bridgehead atoms. The van der Waals surface area contributed by atoms with Gasteiger partial charge in [0.15, 0.2) is 0 Å². The number of benzene rings is 2. The molecule has 0 aromatic heterocycles. The van der Waals surface area contributed by atoms with Crippen LogP contribution in [0.5, 0.6) is 0 Å². The van der Waals surface area contributed by atoms with Gasteiger partial charge >= 0.3 is 0 Å². The summed E-state index contributed by atoms with van der Waals surface area (Å²) < 4.78 is 0. The molecule has 27 heavy (non-hydrogen) atoms. The summed E-state index contributed by atoms with van der Waals surface area (Å²) in [6.45, 7) is 8.39. The molecule has 0 aliphatic rings. The largest absolute Gasteiger partial charge is 0.341 e. The molecule has 0 N–H and O–H groups in total. The lowest BCUT2D eigenvalue weighted by Gasteiger charge is -2.36. The van der Waals surface area contributed by atoms with E-state index in [4.69, 9.17) is 0 Å². The standard InChI is InChI=1S/C23H30N2O2/c1-18(2)25(17-20-14-10-7-11-15-20)22(27)23(3,4)21(26)24(5)16-19-12-8-6-9-13-19/h6-15,18H,16-17H2,1-5H3. The first-order chi connectivity index (χ1) is 12.7. The minimum atomic E-state index is -1.12. The zero-order valence-corrected chi connectivity index (χ0v) is 17.0. The van der Waals surface area contributed by atoms with E-state index in [1.54, 1.807) is 30.7 Å². The molecule has 0 radical (unpaired) electrons. The van der Waals surface area contributed by atoms with Crippen LogP contribution in [0.1, 0.15) is 38.8 Å². The predicted molar refractivity (Wildman–Crippen MR) is 109 cm³/mol. The Balaban J connectivity index is 2.15. The van der Waals surface area contributed by atoms with E-state index in [-0.39, 0.29) is 17.9 Å². The maximum atomic E-state index is 13.3. The molecule has 0 spiro atoms. The van der Waals surface area contributed by atoms with E-state index >= 15 is 0 Å². The van der Waals surface area contributed by atoms with Crippen molar-refractivity contribution in [2.45, 2.75) is 46.8 Å². The van der Waals surface area contributed by atoms with Gasteiger partial charge in [0.25, 0.3) is 0 Å². The number of nitrogens with zero attached hydrogens (tertiary/aromatic N) is 2. The van der Waals surface area contributed by atoms with Crippen LogP contribution in [0.3, 0.4) is 0 Å². The Morgan fingerprint density at radius 1 is 0.815 bits per heavy atom. The van der Waals surface area contributed by atoms with Crippen molar-refractivity contribution in [3.63, 3.8) is 0 Å². The molecule has 144 valence electrons. The van der Waals surface area contributed by atoms with E-state index < -0.39 is 5.41 Å². The number of amides is 2. The molecule has 4 nitrogen and oxygen atoms in total. The van der Waals surface area contributed by atoms with Crippen LogP contribution in [0.15, 0.2) is 60.7 Å². The van der Waals surface area contributed by atoms with E-state index in [2.05, 4.69) is 0 Å². The molecule has 0 atom stereocenters. The molecule has 0 saturated carbocycles. The number of rotatable bonds is 7. The smallest absolute Gasteiger partial charge is 0.238 e. The maximum absolute atomic E-state index is 13.3. The fourth-order valence-corrected chi connectivity index (χ4v) is 3.13. The quantitative estimate of drug-likeness (QED) is 0.692. The van der Waals surface area contributed by atoms with Crippen molar-refractivity contribution >= 4 is 11.8 Å². The third-order valence-corrected chi connectivity index (χ3v) is 4.76. The molecule has 2 aromatic rings. The Bertz CT molecular complexity index is 754. The summed E-state index contributed by atoms with van der Waals surface area (Å²) in [5.41, 5.74) is 0.977. The summed E-state index contributed by atoms with van der Waals surface area (Å²) >= 11 is 0. The molecule has 4 heteroatoms. The highest BCUT2D eigenvalue weighted by Gasteiger charge is 2.41. The van der Waals surface area contributed by atoms with Crippen LogP contribution in [0, 0.1) is 5.41 Å². The van der Waals surface area contributed by atoms with Gasteiger partial charge in [0, 0.05) is 26.2 Å². The number of hydrogen-bond donors (Lipinski definition) is 0. The van der Waals surface area contributed by atoms with Crippen LogP contribution in [0.25, 0.3) is 0 Å². The van der Waals surface area contributed by atoms with Gasteiger partial charge < -0.3 is 9.80 Å². The highest BCUT2D eigenvalue weighted by molar-refractivity contribution is 6.04. The van der Waals surface area contributed by atoms with Gasteiger partial charge in [-0.15, -0.1) is 0 Å². The molecule has 2 aromatic carbocycles. The van der Waals surface area contributed by atoms with Crippen molar-refractivity contribution in [2.24, 2.45) is 5.41 Å². The van der Waals surface area contributed by atoms with Crippen molar-refractivity contribution < 1.29 is 9.59 Å². The summed E-state index contributed by atoms with van der Waals surface area (Å²) in [5, 5.41) is 0. The monoisotopic (exact) mass is 366 g/mol. The fourth-order valence-electron chi connectivity index (χ4n) is 3.13. The van der Waals surface area contributed by atoms with E-state index in [0.717, 1.165) is 11.1 Å². The summed E-state index contributed by atoms with van der Waals surface area (Å²) in [5.74, 6) is -0.318. The third kappa shape index (κ3) is 5.19. The first kappa shape index (κ1) is 20.7. The van der Waals surface area contributed by atoms with E-state index in [9.17, 15) is 9.59 Å². The van der Waals surface area contributed by atoms with Crippen LogP contribution in [0.2, 0.25) is 0 Å². The van der Waals surface area contributed by atoms with Crippen molar-refractivity contribution in [3.8, 4) is 0 Å². The van der Waals surface area contributed by atoms with Gasteiger partial charge in [-0.3, -0.25) is 9.59 Å². The molecule has 2 rings (SSSR count). The minimum Gasteiger partial charge on any atom is -0.341 e. The van der Waals surface area contributed by atoms with Gasteiger partial charge in [0.05, 0.1) is 0 Å². The van der Waals surface area contributed by atoms with Crippen molar-refractivity contribution in [3.05, 3.63) is 71.8 Å². The SMILES string of the molecule is CC(C)N(Cc1ccccc1)C(=O)C(C)(C)C(=O)N(C)Cc1ccccc1. The molecular weight excluding hydrogens is 336 g/mol. The second kappa shape index (κ2) is 8.85. The average Bonchev–Trinajstić information content (AvgIpc) is 2.66. The lowest BCUT2D eigenvalue weighted by Crippen LogP contribution is -2.51. The van der Waals surface area contributed by atoms with E-state index in [1.165, 1.54) is 0 Å². The maximum Gasteiger partial charge on any atom is 0.238 e. The van der Waals surface area contributed by atoms with Gasteiger partial charge in [0.2, 0.25) is 11.8 Å². The van der Waals surface area contributed by atoms with Crippen molar-refractivity contribution in [1.82, 2.24) is 9.80 Å². The first-order valence-electron chi connectivity index (χ1n) is 9.38. The fraction of sp³-hybridized carbons (Fsp3) is 0.391. The van der Waals surface area contributed by atoms with Gasteiger partial charge in [-0.2, -0.15) is 0 Å². The average molecular weight is 367 g/mol. The Labute approximate surface area is 162 Å². The Hall–Kier alpha value is -2.62. The van der Waals surface area contributed by atoms with Crippen molar-refractivity contribution in [1.29, 1.82) is 0 Å². The minimum absolute atomic E-state index is 0.00390. The summed E-state index contributed by atoms with van der Waals surface area (Å²) in [7, 11) is 1.75. The first-order valence-corrected chi connectivity index (χ1v) is 9.38. The molecule has 0 aliphatic carbocycles. The van der Waals surface area contributed by atoms with Gasteiger partial charge in [-0.1, -0.05) is 60.7 Å². The molecule has 0 aliphatic heterocycles. The topological polar surface area (TPSA) is 40.6 Å². The summed E-state index contributed by atoms with van der Waals surface area (Å²) in [6.07, 6.45) is 0. The summed E-state index contributed by atoms with van der Waals surface area (Å²) in [6, 6.07) is 19.7. The highest BCUT2D eigenvalue weighted by atomic mass is 16.2. The van der Waals surface area contributed by atoms with Crippen LogP contribution in [-0.4, -0.2) is 34.7 Å². The van der Waals surface area contributed by atoms with E-state index in [1.807, 2.05) is 74.5 Å². The number of hydrogen-bond acceptors (Lipinski definition) is 2. The zero-order valence-electron chi connectivity index (χ0n) is 17.0. The predicted octanol–water partition coefficient (Wildman–Crippen LogP) is 4.11. The van der Waals surface area contributed by atoms with Crippen LogP contribution in [-0.2, 0) is 22.7 Å². The molecule has 0 saturated heterocycles. The normalized spacial score (nSPS) is 11.3. The molecule has 2 amide bonds.